The lowest BCUT2D eigenvalue weighted by Crippen LogP contribution is -2.36. The predicted molar refractivity (Wildman–Crippen MR) is 82.6 cm³/mol. The van der Waals surface area contributed by atoms with Gasteiger partial charge in [0, 0.05) is 19.5 Å². The molecule has 2 rings (SSSR count). The van der Waals surface area contributed by atoms with E-state index in [9.17, 15) is 13.2 Å². The summed E-state index contributed by atoms with van der Waals surface area (Å²) in [5, 5.41) is -0.334. The minimum absolute atomic E-state index is 0.186. The standard InChI is InChI=1S/C16H16ClF3N2O2/c1-3-15(2,23-10-11-7-5-4-6-8-11)24-13-12(16(18,19)20)9-21-14(17)22-13/h4-9H,3,10H2,1-2H3. The molecule has 0 saturated heterocycles. The highest BCUT2D eigenvalue weighted by Crippen LogP contribution is 2.37. The molecule has 4 nitrogen and oxygen atoms in total. The normalized spacial score (nSPS) is 14.2. The van der Waals surface area contributed by atoms with Crippen LogP contribution >= 0.6 is 11.6 Å². The average molecular weight is 361 g/mol. The first kappa shape index (κ1) is 18.5. The van der Waals surface area contributed by atoms with Crippen LogP contribution in [0.1, 0.15) is 31.4 Å². The van der Waals surface area contributed by atoms with Crippen molar-refractivity contribution in [2.75, 3.05) is 0 Å². The number of hydrogen-bond acceptors (Lipinski definition) is 4. The van der Waals surface area contributed by atoms with Crippen LogP contribution in [0.4, 0.5) is 13.2 Å². The minimum atomic E-state index is -4.66. The van der Waals surface area contributed by atoms with Gasteiger partial charge in [0.15, 0.2) is 0 Å². The summed E-state index contributed by atoms with van der Waals surface area (Å²) in [4.78, 5) is 6.93. The highest BCUT2D eigenvalue weighted by atomic mass is 35.5. The summed E-state index contributed by atoms with van der Waals surface area (Å²) in [6.45, 7) is 3.47. The van der Waals surface area contributed by atoms with Crippen LogP contribution in [0.3, 0.4) is 0 Å². The Hall–Kier alpha value is -1.86. The molecule has 0 aliphatic heterocycles. The molecule has 0 spiro atoms. The second kappa shape index (κ2) is 7.36. The molecule has 1 aromatic carbocycles. The van der Waals surface area contributed by atoms with E-state index in [1.54, 1.807) is 13.8 Å². The van der Waals surface area contributed by atoms with Gasteiger partial charge in [-0.3, -0.25) is 0 Å². The molecule has 0 amide bonds. The summed E-state index contributed by atoms with van der Waals surface area (Å²) in [5.74, 6) is -1.95. The highest BCUT2D eigenvalue weighted by molar-refractivity contribution is 6.28. The average Bonchev–Trinajstić information content (AvgIpc) is 2.53. The zero-order chi connectivity index (χ0) is 17.8. The van der Waals surface area contributed by atoms with Gasteiger partial charge < -0.3 is 9.47 Å². The van der Waals surface area contributed by atoms with Crippen LogP contribution in [0.2, 0.25) is 5.28 Å². The first-order valence-corrected chi connectivity index (χ1v) is 7.58. The lowest BCUT2D eigenvalue weighted by atomic mass is 10.2. The van der Waals surface area contributed by atoms with Gasteiger partial charge in [0.05, 0.1) is 6.61 Å². The second-order valence-corrected chi connectivity index (χ2v) is 5.56. The van der Waals surface area contributed by atoms with Crippen molar-refractivity contribution in [2.45, 2.75) is 38.8 Å². The number of ether oxygens (including phenoxy) is 2. The Bertz CT molecular complexity index is 683. The quantitative estimate of drug-likeness (QED) is 0.544. The van der Waals surface area contributed by atoms with Gasteiger partial charge in [0.25, 0.3) is 0 Å². The van der Waals surface area contributed by atoms with E-state index in [1.165, 1.54) is 0 Å². The van der Waals surface area contributed by atoms with Crippen molar-refractivity contribution >= 4 is 11.6 Å². The summed E-state index contributed by atoms with van der Waals surface area (Å²) < 4.78 is 50.3. The van der Waals surface area contributed by atoms with Crippen molar-refractivity contribution in [3.05, 3.63) is 52.9 Å². The Kier molecular flexibility index (Phi) is 5.66. The molecule has 1 heterocycles. The number of alkyl halides is 3. The van der Waals surface area contributed by atoms with Crippen molar-refractivity contribution in [1.82, 2.24) is 9.97 Å². The molecule has 8 heteroatoms. The number of rotatable bonds is 6. The molecule has 0 radical (unpaired) electrons. The molecular formula is C16H16ClF3N2O2. The first-order valence-electron chi connectivity index (χ1n) is 7.20. The summed E-state index contributed by atoms with van der Waals surface area (Å²) in [6.07, 6.45) is -3.76. The monoisotopic (exact) mass is 360 g/mol. The van der Waals surface area contributed by atoms with E-state index in [1.807, 2.05) is 30.3 Å². The zero-order valence-corrected chi connectivity index (χ0v) is 13.9. The van der Waals surface area contributed by atoms with Crippen molar-refractivity contribution in [3.8, 4) is 5.88 Å². The third-order valence-corrected chi connectivity index (χ3v) is 3.55. The summed E-state index contributed by atoms with van der Waals surface area (Å²) >= 11 is 5.60. The molecule has 0 bridgehead atoms. The topological polar surface area (TPSA) is 44.2 Å². The molecule has 24 heavy (non-hydrogen) atoms. The third-order valence-electron chi connectivity index (χ3n) is 3.37. The van der Waals surface area contributed by atoms with Gasteiger partial charge in [0.1, 0.15) is 5.56 Å². The highest BCUT2D eigenvalue weighted by Gasteiger charge is 2.38. The van der Waals surface area contributed by atoms with Gasteiger partial charge in [-0.1, -0.05) is 37.3 Å². The van der Waals surface area contributed by atoms with E-state index in [4.69, 9.17) is 21.1 Å². The molecule has 0 fully saturated rings. The van der Waals surface area contributed by atoms with E-state index in [0.29, 0.717) is 12.6 Å². The van der Waals surface area contributed by atoms with Gasteiger partial charge in [-0.15, -0.1) is 0 Å². The predicted octanol–water partition coefficient (Wildman–Crippen LogP) is 4.87. The minimum Gasteiger partial charge on any atom is -0.445 e. The van der Waals surface area contributed by atoms with Crippen molar-refractivity contribution in [3.63, 3.8) is 0 Å². The summed E-state index contributed by atoms with van der Waals surface area (Å²) in [5.41, 5.74) is -0.229. The van der Waals surface area contributed by atoms with Crippen molar-refractivity contribution in [2.24, 2.45) is 0 Å². The lowest BCUT2D eigenvalue weighted by Gasteiger charge is -2.30. The molecule has 2 aromatic rings. The Labute approximate surface area is 142 Å². The number of benzene rings is 1. The first-order chi connectivity index (χ1) is 11.2. The Morgan fingerprint density at radius 2 is 1.83 bits per heavy atom. The summed E-state index contributed by atoms with van der Waals surface area (Å²) in [6, 6.07) is 9.23. The van der Waals surface area contributed by atoms with Crippen LogP contribution in [-0.2, 0) is 17.5 Å². The molecular weight excluding hydrogens is 345 g/mol. The van der Waals surface area contributed by atoms with Gasteiger partial charge >= 0.3 is 6.18 Å². The number of hydrogen-bond donors (Lipinski definition) is 0. The maximum atomic E-state index is 13.1. The van der Waals surface area contributed by atoms with Crippen LogP contribution in [-0.4, -0.2) is 15.8 Å². The van der Waals surface area contributed by atoms with E-state index < -0.39 is 23.4 Å². The Morgan fingerprint density at radius 1 is 1.17 bits per heavy atom. The van der Waals surface area contributed by atoms with Crippen LogP contribution in [0.15, 0.2) is 36.5 Å². The fourth-order valence-corrected chi connectivity index (χ4v) is 1.96. The SMILES string of the molecule is CCC(C)(OCc1ccccc1)Oc1nc(Cl)ncc1C(F)(F)F. The van der Waals surface area contributed by atoms with E-state index in [0.717, 1.165) is 5.56 Å². The number of halogens is 4. The van der Waals surface area contributed by atoms with Crippen LogP contribution in [0, 0.1) is 0 Å². The molecule has 0 aliphatic rings. The molecule has 1 atom stereocenters. The van der Waals surface area contributed by atoms with Crippen LogP contribution < -0.4 is 4.74 Å². The number of aromatic nitrogens is 2. The smallest absolute Gasteiger partial charge is 0.423 e. The van der Waals surface area contributed by atoms with Gasteiger partial charge in [0.2, 0.25) is 17.0 Å². The largest absolute Gasteiger partial charge is 0.445 e. The molecule has 130 valence electrons. The number of nitrogens with zero attached hydrogens (tertiary/aromatic N) is 2. The fourth-order valence-electron chi connectivity index (χ4n) is 1.84. The van der Waals surface area contributed by atoms with Gasteiger partial charge in [-0.2, -0.15) is 18.2 Å². The van der Waals surface area contributed by atoms with E-state index in [2.05, 4.69) is 9.97 Å². The van der Waals surface area contributed by atoms with Crippen molar-refractivity contribution < 1.29 is 22.6 Å². The van der Waals surface area contributed by atoms with Crippen LogP contribution in [0.5, 0.6) is 5.88 Å². The second-order valence-electron chi connectivity index (χ2n) is 5.22. The molecule has 1 aromatic heterocycles. The zero-order valence-electron chi connectivity index (χ0n) is 13.1. The Balaban J connectivity index is 2.21. The van der Waals surface area contributed by atoms with E-state index >= 15 is 0 Å². The Morgan fingerprint density at radius 3 is 2.42 bits per heavy atom. The summed E-state index contributed by atoms with van der Waals surface area (Å²) in [7, 11) is 0. The van der Waals surface area contributed by atoms with Gasteiger partial charge in [-0.05, 0) is 17.2 Å². The third kappa shape index (κ3) is 4.82. The van der Waals surface area contributed by atoms with Gasteiger partial charge in [-0.25, -0.2) is 4.98 Å². The maximum Gasteiger partial charge on any atom is 0.423 e. The van der Waals surface area contributed by atoms with Crippen LogP contribution in [0.25, 0.3) is 0 Å². The lowest BCUT2D eigenvalue weighted by molar-refractivity contribution is -0.187. The molecule has 1 unspecified atom stereocenters. The van der Waals surface area contributed by atoms with E-state index in [-0.39, 0.29) is 11.9 Å². The molecule has 0 N–H and O–H groups in total. The molecule has 0 aliphatic carbocycles. The fraction of sp³-hybridized carbons (Fsp3) is 0.375. The maximum absolute atomic E-state index is 13.1. The molecule has 0 saturated carbocycles. The van der Waals surface area contributed by atoms with Crippen molar-refractivity contribution in [1.29, 1.82) is 0 Å².